The molecule has 0 bridgehead atoms. The zero-order chi connectivity index (χ0) is 11.5. The summed E-state index contributed by atoms with van der Waals surface area (Å²) >= 11 is 0. The molecular weight excluding hydrogens is 182 g/mol. The van der Waals surface area contributed by atoms with Crippen LogP contribution in [-0.2, 0) is 0 Å². The standard InChI is InChI=1S/C14H27N/c1-5-12(11(3)4)7-8-13(15)14(6-2)9-10-14/h7,11,13H,5-6,8-10,15H2,1-4H3. The van der Waals surface area contributed by atoms with Gasteiger partial charge < -0.3 is 5.73 Å². The Morgan fingerprint density at radius 3 is 2.27 bits per heavy atom. The van der Waals surface area contributed by atoms with Crippen LogP contribution in [0.4, 0.5) is 0 Å². The topological polar surface area (TPSA) is 26.0 Å². The molecule has 0 amide bonds. The largest absolute Gasteiger partial charge is 0.327 e. The molecule has 1 fully saturated rings. The Morgan fingerprint density at radius 2 is 1.93 bits per heavy atom. The maximum atomic E-state index is 6.28. The molecule has 1 unspecified atom stereocenters. The van der Waals surface area contributed by atoms with Crippen LogP contribution in [0, 0.1) is 11.3 Å². The van der Waals surface area contributed by atoms with E-state index in [1.54, 1.807) is 5.57 Å². The summed E-state index contributed by atoms with van der Waals surface area (Å²) in [4.78, 5) is 0. The van der Waals surface area contributed by atoms with Crippen molar-refractivity contribution in [3.05, 3.63) is 11.6 Å². The van der Waals surface area contributed by atoms with E-state index in [2.05, 4.69) is 33.8 Å². The van der Waals surface area contributed by atoms with Crippen LogP contribution in [-0.4, -0.2) is 6.04 Å². The zero-order valence-electron chi connectivity index (χ0n) is 10.8. The lowest BCUT2D eigenvalue weighted by Gasteiger charge is -2.21. The quantitative estimate of drug-likeness (QED) is 0.660. The first-order chi connectivity index (χ1) is 7.05. The molecule has 0 spiro atoms. The normalized spacial score (nSPS) is 21.9. The van der Waals surface area contributed by atoms with Gasteiger partial charge in [0.25, 0.3) is 0 Å². The highest BCUT2D eigenvalue weighted by Crippen LogP contribution is 2.51. The molecule has 0 aromatic carbocycles. The Kier molecular flexibility index (Phi) is 4.39. The van der Waals surface area contributed by atoms with E-state index in [1.807, 2.05) is 0 Å². The lowest BCUT2D eigenvalue weighted by molar-refractivity contribution is 0.385. The van der Waals surface area contributed by atoms with Crippen molar-refractivity contribution in [3.63, 3.8) is 0 Å². The van der Waals surface area contributed by atoms with Crippen LogP contribution < -0.4 is 5.73 Å². The summed E-state index contributed by atoms with van der Waals surface area (Å²) in [5, 5.41) is 0. The van der Waals surface area contributed by atoms with Crippen molar-refractivity contribution in [3.8, 4) is 0 Å². The highest BCUT2D eigenvalue weighted by atomic mass is 14.7. The molecule has 1 nitrogen and oxygen atoms in total. The van der Waals surface area contributed by atoms with Gasteiger partial charge in [0.1, 0.15) is 0 Å². The molecule has 1 rings (SSSR count). The highest BCUT2D eigenvalue weighted by Gasteiger charge is 2.45. The lowest BCUT2D eigenvalue weighted by Crippen LogP contribution is -2.30. The first kappa shape index (κ1) is 12.8. The average Bonchev–Trinajstić information content (AvgIpc) is 2.98. The number of hydrogen-bond acceptors (Lipinski definition) is 1. The fourth-order valence-corrected chi connectivity index (χ4v) is 2.46. The van der Waals surface area contributed by atoms with Crippen LogP contribution >= 0.6 is 0 Å². The van der Waals surface area contributed by atoms with Crippen molar-refractivity contribution in [1.82, 2.24) is 0 Å². The monoisotopic (exact) mass is 209 g/mol. The third-order valence-corrected chi connectivity index (χ3v) is 4.17. The Hall–Kier alpha value is -0.300. The molecule has 1 atom stereocenters. The van der Waals surface area contributed by atoms with Gasteiger partial charge in [-0.05, 0) is 43.4 Å². The Labute approximate surface area is 95.1 Å². The van der Waals surface area contributed by atoms with Crippen LogP contribution in [0.1, 0.15) is 59.8 Å². The number of rotatable bonds is 6. The second-order valence-electron chi connectivity index (χ2n) is 5.35. The fraction of sp³-hybridized carbons (Fsp3) is 0.857. The minimum Gasteiger partial charge on any atom is -0.327 e. The molecule has 1 aliphatic rings. The molecule has 1 heteroatoms. The van der Waals surface area contributed by atoms with Crippen LogP contribution in [0.2, 0.25) is 0 Å². The molecule has 0 heterocycles. The fourth-order valence-electron chi connectivity index (χ4n) is 2.46. The first-order valence-electron chi connectivity index (χ1n) is 6.50. The van der Waals surface area contributed by atoms with Gasteiger partial charge in [0.05, 0.1) is 0 Å². The van der Waals surface area contributed by atoms with Crippen LogP contribution in [0.15, 0.2) is 11.6 Å². The third-order valence-electron chi connectivity index (χ3n) is 4.17. The smallest absolute Gasteiger partial charge is 0.0130 e. The summed E-state index contributed by atoms with van der Waals surface area (Å²) in [6.45, 7) is 9.06. The second-order valence-corrected chi connectivity index (χ2v) is 5.35. The molecule has 0 aromatic heterocycles. The Balaban J connectivity index is 2.48. The maximum absolute atomic E-state index is 6.28. The van der Waals surface area contributed by atoms with Gasteiger partial charge >= 0.3 is 0 Å². The van der Waals surface area contributed by atoms with E-state index in [0.29, 0.717) is 17.4 Å². The van der Waals surface area contributed by atoms with Crippen molar-refractivity contribution < 1.29 is 0 Å². The molecule has 0 radical (unpaired) electrons. The maximum Gasteiger partial charge on any atom is 0.0130 e. The average molecular weight is 209 g/mol. The molecule has 0 aromatic rings. The number of allylic oxidation sites excluding steroid dienone is 1. The van der Waals surface area contributed by atoms with Gasteiger partial charge in [-0.2, -0.15) is 0 Å². The summed E-state index contributed by atoms with van der Waals surface area (Å²) in [6.07, 6.45) is 8.60. The van der Waals surface area contributed by atoms with Crippen molar-refractivity contribution in [2.75, 3.05) is 0 Å². The highest BCUT2D eigenvalue weighted by molar-refractivity contribution is 5.08. The van der Waals surface area contributed by atoms with E-state index in [1.165, 1.54) is 25.7 Å². The van der Waals surface area contributed by atoms with E-state index in [4.69, 9.17) is 5.73 Å². The van der Waals surface area contributed by atoms with Crippen LogP contribution in [0.3, 0.4) is 0 Å². The Morgan fingerprint density at radius 1 is 1.33 bits per heavy atom. The predicted molar refractivity (Wildman–Crippen MR) is 67.8 cm³/mol. The van der Waals surface area contributed by atoms with Gasteiger partial charge in [0.15, 0.2) is 0 Å². The van der Waals surface area contributed by atoms with Crippen molar-refractivity contribution in [1.29, 1.82) is 0 Å². The van der Waals surface area contributed by atoms with Crippen LogP contribution in [0.5, 0.6) is 0 Å². The SMILES string of the molecule is CCC(=CCC(N)C1(CC)CC1)C(C)C. The lowest BCUT2D eigenvalue weighted by atomic mass is 9.89. The van der Waals surface area contributed by atoms with Crippen molar-refractivity contribution >= 4 is 0 Å². The van der Waals surface area contributed by atoms with E-state index in [0.717, 1.165) is 6.42 Å². The summed E-state index contributed by atoms with van der Waals surface area (Å²) in [5.41, 5.74) is 8.36. The number of nitrogens with two attached hydrogens (primary N) is 1. The van der Waals surface area contributed by atoms with E-state index >= 15 is 0 Å². The minimum absolute atomic E-state index is 0.391. The summed E-state index contributed by atoms with van der Waals surface area (Å²) < 4.78 is 0. The van der Waals surface area contributed by atoms with Gasteiger partial charge in [-0.25, -0.2) is 0 Å². The summed E-state index contributed by atoms with van der Waals surface area (Å²) in [6, 6.07) is 0.391. The molecular formula is C14H27N. The van der Waals surface area contributed by atoms with Gasteiger partial charge in [-0.1, -0.05) is 39.3 Å². The molecule has 0 saturated heterocycles. The van der Waals surface area contributed by atoms with E-state index in [9.17, 15) is 0 Å². The summed E-state index contributed by atoms with van der Waals surface area (Å²) in [7, 11) is 0. The van der Waals surface area contributed by atoms with Gasteiger partial charge in [0.2, 0.25) is 0 Å². The van der Waals surface area contributed by atoms with Crippen LogP contribution in [0.25, 0.3) is 0 Å². The molecule has 0 aliphatic heterocycles. The number of hydrogen-bond donors (Lipinski definition) is 1. The minimum atomic E-state index is 0.391. The third kappa shape index (κ3) is 3.07. The van der Waals surface area contributed by atoms with Crippen molar-refractivity contribution in [2.45, 2.75) is 65.8 Å². The van der Waals surface area contributed by atoms with Gasteiger partial charge in [-0.3, -0.25) is 0 Å². The predicted octanol–water partition coefficient (Wildman–Crippen LogP) is 3.89. The molecule has 2 N–H and O–H groups in total. The first-order valence-corrected chi connectivity index (χ1v) is 6.50. The Bertz CT molecular complexity index is 223. The van der Waals surface area contributed by atoms with E-state index in [-0.39, 0.29) is 0 Å². The molecule has 15 heavy (non-hydrogen) atoms. The van der Waals surface area contributed by atoms with Crippen molar-refractivity contribution in [2.24, 2.45) is 17.1 Å². The van der Waals surface area contributed by atoms with Gasteiger partial charge in [0, 0.05) is 6.04 Å². The molecule has 1 aliphatic carbocycles. The molecule has 1 saturated carbocycles. The summed E-state index contributed by atoms with van der Waals surface area (Å²) in [5.74, 6) is 0.680. The second kappa shape index (κ2) is 5.16. The van der Waals surface area contributed by atoms with Gasteiger partial charge in [-0.15, -0.1) is 0 Å². The molecule has 88 valence electrons. The zero-order valence-corrected chi connectivity index (χ0v) is 10.8. The van der Waals surface area contributed by atoms with E-state index < -0.39 is 0 Å².